The molecule has 2 N–H and O–H groups in total. The number of hydrogen-bond acceptors (Lipinski definition) is 7. The fourth-order valence-corrected chi connectivity index (χ4v) is 2.13. The number of aromatic nitrogens is 1. The molecule has 2 aromatic rings. The Bertz CT molecular complexity index is 945. The number of carbonyl (C=O) groups is 2. The average Bonchev–Trinajstić information content (AvgIpc) is 3.00. The van der Waals surface area contributed by atoms with Crippen LogP contribution in [0.2, 0.25) is 0 Å². The Morgan fingerprint density at radius 2 is 2.04 bits per heavy atom. The lowest BCUT2D eigenvalue weighted by atomic mass is 10.1. The summed E-state index contributed by atoms with van der Waals surface area (Å²) in [6.45, 7) is 6.78. The minimum Gasteiger partial charge on any atom is -0.506 e. The first-order valence-electron chi connectivity index (χ1n) is 8.02. The van der Waals surface area contributed by atoms with Crippen molar-refractivity contribution in [1.82, 2.24) is 5.16 Å². The molecule has 0 radical (unpaired) electrons. The Balaban J connectivity index is 2.25. The number of benzene rings is 1. The maximum absolute atomic E-state index is 12.4. The first-order valence-corrected chi connectivity index (χ1v) is 8.02. The third-order valence-electron chi connectivity index (χ3n) is 3.34. The minimum atomic E-state index is -0.836. The first-order chi connectivity index (χ1) is 12.6. The van der Waals surface area contributed by atoms with Crippen LogP contribution < -0.4 is 5.32 Å². The van der Waals surface area contributed by atoms with Crippen LogP contribution >= 0.6 is 0 Å². The molecule has 0 aliphatic heterocycles. The van der Waals surface area contributed by atoms with E-state index in [1.165, 1.54) is 19.2 Å². The summed E-state index contributed by atoms with van der Waals surface area (Å²) in [5.74, 6) is -1.66. The Morgan fingerprint density at radius 1 is 1.33 bits per heavy atom. The zero-order valence-electron chi connectivity index (χ0n) is 15.4. The molecule has 0 bridgehead atoms. The van der Waals surface area contributed by atoms with E-state index in [9.17, 15) is 20.0 Å². The molecule has 0 saturated carbocycles. The second-order valence-corrected chi connectivity index (χ2v) is 6.67. The standard InChI is InChI=1S/C19H19N3O5/c1-11-15(10-21-27-11)16(23)14(9-20)17(24)22-13-7-5-6-12(8-13)18(25)26-19(2,3)4/h5-8,10,23H,1-4H3,(H,22,24)/b16-14-. The van der Waals surface area contributed by atoms with Crippen molar-refractivity contribution in [2.75, 3.05) is 5.32 Å². The van der Waals surface area contributed by atoms with Crippen LogP contribution in [0.25, 0.3) is 5.76 Å². The third-order valence-corrected chi connectivity index (χ3v) is 3.34. The molecule has 0 unspecified atom stereocenters. The number of carbonyl (C=O) groups excluding carboxylic acids is 2. The number of aryl methyl sites for hydroxylation is 1. The van der Waals surface area contributed by atoms with Crippen molar-refractivity contribution in [3.63, 3.8) is 0 Å². The van der Waals surface area contributed by atoms with E-state index in [4.69, 9.17) is 9.26 Å². The van der Waals surface area contributed by atoms with E-state index in [1.807, 2.05) is 0 Å². The van der Waals surface area contributed by atoms with E-state index in [-0.39, 0.29) is 22.6 Å². The van der Waals surface area contributed by atoms with Gasteiger partial charge in [0.05, 0.1) is 17.3 Å². The second kappa shape index (κ2) is 7.74. The molecule has 0 aliphatic carbocycles. The van der Waals surface area contributed by atoms with Gasteiger partial charge >= 0.3 is 5.97 Å². The van der Waals surface area contributed by atoms with E-state index in [0.29, 0.717) is 0 Å². The number of anilines is 1. The molecule has 140 valence electrons. The lowest BCUT2D eigenvalue weighted by molar-refractivity contribution is -0.112. The van der Waals surface area contributed by atoms with Gasteiger partial charge in [-0.15, -0.1) is 0 Å². The number of aliphatic hydroxyl groups is 1. The molecule has 1 amide bonds. The van der Waals surface area contributed by atoms with Crippen molar-refractivity contribution in [1.29, 1.82) is 5.26 Å². The number of rotatable bonds is 4. The van der Waals surface area contributed by atoms with Crippen LogP contribution in [0.15, 0.2) is 40.6 Å². The molecule has 0 saturated heterocycles. The van der Waals surface area contributed by atoms with Crippen LogP contribution in [0, 0.1) is 18.3 Å². The highest BCUT2D eigenvalue weighted by molar-refractivity contribution is 6.11. The van der Waals surface area contributed by atoms with Gasteiger partial charge in [-0.2, -0.15) is 5.26 Å². The number of amides is 1. The van der Waals surface area contributed by atoms with Crippen LogP contribution in [0.3, 0.4) is 0 Å². The van der Waals surface area contributed by atoms with Gasteiger partial charge < -0.3 is 19.7 Å². The van der Waals surface area contributed by atoms with Gasteiger partial charge in [-0.3, -0.25) is 4.79 Å². The quantitative estimate of drug-likeness (QED) is 0.366. The summed E-state index contributed by atoms with van der Waals surface area (Å²) < 4.78 is 10.1. The number of nitrogens with one attached hydrogen (secondary N) is 1. The molecule has 8 heteroatoms. The number of nitriles is 1. The summed E-state index contributed by atoms with van der Waals surface area (Å²) in [4.78, 5) is 24.5. The zero-order chi connectivity index (χ0) is 20.2. The highest BCUT2D eigenvalue weighted by atomic mass is 16.6. The monoisotopic (exact) mass is 369 g/mol. The number of aliphatic hydroxyl groups excluding tert-OH is 1. The van der Waals surface area contributed by atoms with E-state index in [1.54, 1.807) is 45.0 Å². The molecule has 0 fully saturated rings. The fraction of sp³-hybridized carbons (Fsp3) is 0.263. The van der Waals surface area contributed by atoms with E-state index >= 15 is 0 Å². The zero-order valence-corrected chi connectivity index (χ0v) is 15.4. The Hall–Kier alpha value is -3.60. The number of ether oxygens (including phenoxy) is 1. The number of esters is 1. The normalized spacial score (nSPS) is 12.0. The molecule has 2 rings (SSSR count). The molecule has 8 nitrogen and oxygen atoms in total. The minimum absolute atomic E-state index is 0.143. The van der Waals surface area contributed by atoms with E-state index in [0.717, 1.165) is 0 Å². The topological polar surface area (TPSA) is 125 Å². The third kappa shape index (κ3) is 4.95. The fourth-order valence-electron chi connectivity index (χ4n) is 2.13. The van der Waals surface area contributed by atoms with Crippen molar-refractivity contribution >= 4 is 23.3 Å². The Labute approximate surface area is 156 Å². The van der Waals surface area contributed by atoms with Crippen molar-refractivity contribution in [2.45, 2.75) is 33.3 Å². The van der Waals surface area contributed by atoms with E-state index < -0.39 is 28.8 Å². The van der Waals surface area contributed by atoms with Crippen molar-refractivity contribution in [3.05, 3.63) is 52.9 Å². The molecule has 1 heterocycles. The lowest BCUT2D eigenvalue weighted by Crippen LogP contribution is -2.24. The maximum Gasteiger partial charge on any atom is 0.338 e. The van der Waals surface area contributed by atoms with Gasteiger partial charge in [0.1, 0.15) is 17.4 Å². The van der Waals surface area contributed by atoms with Crippen molar-refractivity contribution in [2.24, 2.45) is 0 Å². The smallest absolute Gasteiger partial charge is 0.338 e. The largest absolute Gasteiger partial charge is 0.506 e. The van der Waals surface area contributed by atoms with Crippen molar-refractivity contribution in [3.8, 4) is 6.07 Å². The van der Waals surface area contributed by atoms with Gasteiger partial charge in [0.25, 0.3) is 5.91 Å². The first kappa shape index (κ1) is 19.7. The second-order valence-electron chi connectivity index (χ2n) is 6.67. The average molecular weight is 369 g/mol. The number of hydrogen-bond donors (Lipinski definition) is 2. The molecule has 1 aromatic carbocycles. The van der Waals surface area contributed by atoms with Crippen LogP contribution in [0.4, 0.5) is 5.69 Å². The molecular weight excluding hydrogens is 350 g/mol. The van der Waals surface area contributed by atoms with Gasteiger partial charge in [-0.1, -0.05) is 11.2 Å². The SMILES string of the molecule is Cc1oncc1/C(O)=C(\C#N)C(=O)Nc1cccc(C(=O)OC(C)(C)C)c1. The van der Waals surface area contributed by atoms with Gasteiger partial charge in [0.15, 0.2) is 11.3 Å². The molecule has 0 atom stereocenters. The highest BCUT2D eigenvalue weighted by Crippen LogP contribution is 2.21. The molecule has 0 spiro atoms. The lowest BCUT2D eigenvalue weighted by Gasteiger charge is -2.19. The van der Waals surface area contributed by atoms with E-state index in [2.05, 4.69) is 10.5 Å². The highest BCUT2D eigenvalue weighted by Gasteiger charge is 2.21. The molecule has 0 aliphatic rings. The van der Waals surface area contributed by atoms with Gasteiger partial charge in [0.2, 0.25) is 0 Å². The molecule has 1 aromatic heterocycles. The summed E-state index contributed by atoms with van der Waals surface area (Å²) in [5.41, 5.74) is -0.515. The summed E-state index contributed by atoms with van der Waals surface area (Å²) >= 11 is 0. The molecule has 27 heavy (non-hydrogen) atoms. The maximum atomic E-state index is 12.4. The van der Waals surface area contributed by atoms with Crippen LogP contribution in [-0.4, -0.2) is 27.7 Å². The van der Waals surface area contributed by atoms with Gasteiger partial charge in [0, 0.05) is 5.69 Å². The Morgan fingerprint density at radius 3 is 2.59 bits per heavy atom. The van der Waals surface area contributed by atoms with Crippen molar-refractivity contribution < 1.29 is 24.0 Å². The summed E-state index contributed by atoms with van der Waals surface area (Å²) in [5, 5.41) is 25.4. The summed E-state index contributed by atoms with van der Waals surface area (Å²) in [6.07, 6.45) is 1.21. The summed E-state index contributed by atoms with van der Waals surface area (Å²) in [7, 11) is 0. The van der Waals surface area contributed by atoms with Crippen LogP contribution in [-0.2, 0) is 9.53 Å². The van der Waals surface area contributed by atoms with Crippen LogP contribution in [0.5, 0.6) is 0 Å². The Kier molecular flexibility index (Phi) is 5.66. The van der Waals surface area contributed by atoms with Crippen LogP contribution in [0.1, 0.15) is 42.5 Å². The summed E-state index contributed by atoms with van der Waals surface area (Å²) in [6, 6.07) is 7.73. The van der Waals surface area contributed by atoms with Gasteiger partial charge in [-0.05, 0) is 45.9 Å². The predicted octanol–water partition coefficient (Wildman–Crippen LogP) is 3.37. The number of nitrogens with zero attached hydrogens (tertiary/aromatic N) is 2. The predicted molar refractivity (Wildman–Crippen MR) is 96.6 cm³/mol. The van der Waals surface area contributed by atoms with Gasteiger partial charge in [-0.25, -0.2) is 4.79 Å². The molecular formula is C19H19N3O5.